The van der Waals surface area contributed by atoms with Gasteiger partial charge in [-0.25, -0.2) is 0 Å². The first-order valence-corrected chi connectivity index (χ1v) is 6.53. The predicted octanol–water partition coefficient (Wildman–Crippen LogP) is 0.115. The molecule has 2 N–H and O–H groups in total. The van der Waals surface area contributed by atoms with Gasteiger partial charge in [0.05, 0.1) is 0 Å². The minimum Gasteiger partial charge on any atom is -0.348 e. The maximum absolute atomic E-state index is 11.8. The standard InChI is InChI=1S/C12H23N3O2/c1-2-3-4-7-14-11(16)12(17)15-9-5-6-13-8-10-15/h13H,2-10H2,1H3,(H,14,16). The molecule has 0 unspecified atom stereocenters. The first-order valence-electron chi connectivity index (χ1n) is 6.53. The van der Waals surface area contributed by atoms with Crippen LogP contribution in [0.25, 0.3) is 0 Å². The number of nitrogens with one attached hydrogen (secondary N) is 2. The van der Waals surface area contributed by atoms with E-state index in [-0.39, 0.29) is 5.91 Å². The Kier molecular flexibility index (Phi) is 6.62. The quantitative estimate of drug-likeness (QED) is 0.542. The molecule has 1 aliphatic rings. The third-order valence-corrected chi connectivity index (χ3v) is 2.89. The molecule has 0 atom stereocenters. The van der Waals surface area contributed by atoms with E-state index in [1.807, 2.05) is 0 Å². The molecular weight excluding hydrogens is 218 g/mol. The van der Waals surface area contributed by atoms with Crippen LogP contribution in [-0.2, 0) is 9.59 Å². The summed E-state index contributed by atoms with van der Waals surface area (Å²) in [5.41, 5.74) is 0. The van der Waals surface area contributed by atoms with Crippen molar-refractivity contribution >= 4 is 11.8 Å². The fourth-order valence-electron chi connectivity index (χ4n) is 1.84. The van der Waals surface area contributed by atoms with E-state index >= 15 is 0 Å². The Morgan fingerprint density at radius 3 is 2.82 bits per heavy atom. The number of carbonyl (C=O) groups is 2. The molecule has 0 radical (unpaired) electrons. The molecule has 0 saturated carbocycles. The number of carbonyl (C=O) groups excluding carboxylic acids is 2. The Morgan fingerprint density at radius 1 is 1.24 bits per heavy atom. The maximum atomic E-state index is 11.8. The second kappa shape index (κ2) is 8.06. The average molecular weight is 241 g/mol. The second-order valence-electron chi connectivity index (χ2n) is 4.36. The lowest BCUT2D eigenvalue weighted by molar-refractivity contribution is -0.145. The Morgan fingerprint density at radius 2 is 2.06 bits per heavy atom. The molecule has 0 aromatic rings. The summed E-state index contributed by atoms with van der Waals surface area (Å²) in [7, 11) is 0. The largest absolute Gasteiger partial charge is 0.348 e. The number of hydrogen-bond donors (Lipinski definition) is 2. The van der Waals surface area contributed by atoms with E-state index in [4.69, 9.17) is 0 Å². The summed E-state index contributed by atoms with van der Waals surface area (Å²) in [6, 6.07) is 0. The number of unbranched alkanes of at least 4 members (excludes halogenated alkanes) is 2. The van der Waals surface area contributed by atoms with E-state index in [1.54, 1.807) is 4.90 Å². The van der Waals surface area contributed by atoms with E-state index in [0.717, 1.165) is 38.8 Å². The van der Waals surface area contributed by atoms with Gasteiger partial charge >= 0.3 is 11.8 Å². The van der Waals surface area contributed by atoms with Crippen LogP contribution in [0, 0.1) is 0 Å². The lowest BCUT2D eigenvalue weighted by Crippen LogP contribution is -2.44. The molecule has 1 saturated heterocycles. The van der Waals surface area contributed by atoms with Gasteiger partial charge in [0.2, 0.25) is 0 Å². The molecule has 1 fully saturated rings. The van der Waals surface area contributed by atoms with Crippen molar-refractivity contribution in [1.29, 1.82) is 0 Å². The van der Waals surface area contributed by atoms with Gasteiger partial charge < -0.3 is 15.5 Å². The van der Waals surface area contributed by atoms with E-state index < -0.39 is 5.91 Å². The molecule has 0 aromatic heterocycles. The zero-order valence-corrected chi connectivity index (χ0v) is 10.6. The summed E-state index contributed by atoms with van der Waals surface area (Å²) in [4.78, 5) is 25.0. The van der Waals surface area contributed by atoms with Crippen LogP contribution < -0.4 is 10.6 Å². The Labute approximate surface area is 103 Å². The third kappa shape index (κ3) is 5.17. The number of amides is 2. The molecule has 1 rings (SSSR count). The number of hydrogen-bond acceptors (Lipinski definition) is 3. The molecule has 5 heteroatoms. The first kappa shape index (κ1) is 14.0. The lowest BCUT2D eigenvalue weighted by Gasteiger charge is -2.19. The van der Waals surface area contributed by atoms with Crippen LogP contribution in [-0.4, -0.2) is 49.4 Å². The Bertz CT molecular complexity index is 248. The van der Waals surface area contributed by atoms with Gasteiger partial charge in [0.25, 0.3) is 0 Å². The molecule has 5 nitrogen and oxygen atoms in total. The molecule has 2 amide bonds. The predicted molar refractivity (Wildman–Crippen MR) is 66.6 cm³/mol. The molecule has 0 bridgehead atoms. The van der Waals surface area contributed by atoms with Crippen molar-refractivity contribution in [2.75, 3.05) is 32.7 Å². The monoisotopic (exact) mass is 241 g/mol. The fourth-order valence-corrected chi connectivity index (χ4v) is 1.84. The summed E-state index contributed by atoms with van der Waals surface area (Å²) < 4.78 is 0. The zero-order chi connectivity index (χ0) is 12.5. The van der Waals surface area contributed by atoms with Crippen molar-refractivity contribution in [3.8, 4) is 0 Å². The van der Waals surface area contributed by atoms with Gasteiger partial charge in [0.1, 0.15) is 0 Å². The normalized spacial score (nSPS) is 16.4. The second-order valence-corrected chi connectivity index (χ2v) is 4.36. The van der Waals surface area contributed by atoms with Crippen LogP contribution in [0.3, 0.4) is 0 Å². The van der Waals surface area contributed by atoms with Crippen molar-refractivity contribution in [1.82, 2.24) is 15.5 Å². The van der Waals surface area contributed by atoms with Gasteiger partial charge in [0, 0.05) is 26.2 Å². The summed E-state index contributed by atoms with van der Waals surface area (Å²) in [6.07, 6.45) is 4.05. The van der Waals surface area contributed by atoms with Crippen LogP contribution in [0.2, 0.25) is 0 Å². The summed E-state index contributed by atoms with van der Waals surface area (Å²) in [5.74, 6) is -0.840. The number of nitrogens with zero attached hydrogens (tertiary/aromatic N) is 1. The van der Waals surface area contributed by atoms with Crippen molar-refractivity contribution in [2.24, 2.45) is 0 Å². The summed E-state index contributed by atoms with van der Waals surface area (Å²) in [5, 5.41) is 5.89. The lowest BCUT2D eigenvalue weighted by atomic mass is 10.2. The first-order chi connectivity index (χ1) is 8.25. The fraction of sp³-hybridized carbons (Fsp3) is 0.833. The van der Waals surface area contributed by atoms with Gasteiger partial charge in [-0.15, -0.1) is 0 Å². The van der Waals surface area contributed by atoms with Crippen molar-refractivity contribution in [3.05, 3.63) is 0 Å². The maximum Gasteiger partial charge on any atom is 0.311 e. The smallest absolute Gasteiger partial charge is 0.311 e. The molecule has 0 spiro atoms. The van der Waals surface area contributed by atoms with E-state index in [0.29, 0.717) is 19.6 Å². The molecule has 0 aliphatic carbocycles. The summed E-state index contributed by atoms with van der Waals surface area (Å²) in [6.45, 7) is 5.70. The van der Waals surface area contributed by atoms with Crippen LogP contribution in [0.15, 0.2) is 0 Å². The highest BCUT2D eigenvalue weighted by Gasteiger charge is 2.21. The minimum atomic E-state index is -0.456. The number of rotatable bonds is 4. The molecule has 17 heavy (non-hydrogen) atoms. The third-order valence-electron chi connectivity index (χ3n) is 2.89. The van der Waals surface area contributed by atoms with Crippen molar-refractivity contribution < 1.29 is 9.59 Å². The van der Waals surface area contributed by atoms with Crippen LogP contribution in [0.5, 0.6) is 0 Å². The highest BCUT2D eigenvalue weighted by atomic mass is 16.2. The average Bonchev–Trinajstić information content (AvgIpc) is 2.62. The molecule has 1 aliphatic heterocycles. The highest BCUT2D eigenvalue weighted by Crippen LogP contribution is 1.97. The SMILES string of the molecule is CCCCCNC(=O)C(=O)N1CCCNCC1. The minimum absolute atomic E-state index is 0.384. The molecular formula is C12H23N3O2. The topological polar surface area (TPSA) is 61.4 Å². The van der Waals surface area contributed by atoms with Crippen molar-refractivity contribution in [2.45, 2.75) is 32.6 Å². The van der Waals surface area contributed by atoms with Crippen molar-refractivity contribution in [3.63, 3.8) is 0 Å². The Balaban J connectivity index is 2.27. The summed E-state index contributed by atoms with van der Waals surface area (Å²) >= 11 is 0. The van der Waals surface area contributed by atoms with E-state index in [2.05, 4.69) is 17.6 Å². The van der Waals surface area contributed by atoms with Gasteiger partial charge in [0.15, 0.2) is 0 Å². The molecule has 0 aromatic carbocycles. The Hall–Kier alpha value is -1.10. The highest BCUT2D eigenvalue weighted by molar-refractivity contribution is 6.35. The van der Waals surface area contributed by atoms with Crippen LogP contribution in [0.1, 0.15) is 32.6 Å². The van der Waals surface area contributed by atoms with Gasteiger partial charge in [-0.1, -0.05) is 19.8 Å². The van der Waals surface area contributed by atoms with Crippen LogP contribution >= 0.6 is 0 Å². The van der Waals surface area contributed by atoms with Gasteiger partial charge in [-0.2, -0.15) is 0 Å². The van der Waals surface area contributed by atoms with Crippen LogP contribution in [0.4, 0.5) is 0 Å². The molecule has 1 heterocycles. The van der Waals surface area contributed by atoms with Gasteiger partial charge in [-0.05, 0) is 19.4 Å². The zero-order valence-electron chi connectivity index (χ0n) is 10.6. The van der Waals surface area contributed by atoms with E-state index in [1.165, 1.54) is 0 Å². The van der Waals surface area contributed by atoms with E-state index in [9.17, 15) is 9.59 Å². The van der Waals surface area contributed by atoms with Gasteiger partial charge in [-0.3, -0.25) is 9.59 Å². The molecule has 98 valence electrons.